The molecule has 26 heavy (non-hydrogen) atoms. The summed E-state index contributed by atoms with van der Waals surface area (Å²) >= 11 is 3.36. The highest BCUT2D eigenvalue weighted by molar-refractivity contribution is 7.24. The molecule has 0 atom stereocenters. The smallest absolute Gasteiger partial charge is 0.110 e. The molecule has 0 spiro atoms. The Hall–Kier alpha value is -1.89. The number of hydrogen-bond donors (Lipinski definition) is 0. The van der Waals surface area contributed by atoms with Crippen molar-refractivity contribution in [2.75, 3.05) is 0 Å². The third kappa shape index (κ3) is 5.06. The van der Waals surface area contributed by atoms with Crippen molar-refractivity contribution in [3.63, 3.8) is 0 Å². The summed E-state index contributed by atoms with van der Waals surface area (Å²) < 4.78 is 0. The van der Waals surface area contributed by atoms with Gasteiger partial charge >= 0.3 is 0 Å². The molecule has 134 valence electrons. The van der Waals surface area contributed by atoms with E-state index in [1.54, 1.807) is 22.7 Å². The Morgan fingerprint density at radius 3 is 2.12 bits per heavy atom. The van der Waals surface area contributed by atoms with Gasteiger partial charge in [0.2, 0.25) is 0 Å². The number of thiophene rings is 2. The van der Waals surface area contributed by atoms with Crippen LogP contribution in [0.4, 0.5) is 0 Å². The minimum absolute atomic E-state index is 0.772. The molecule has 0 radical (unpaired) electrons. The number of nitriles is 1. The standard InChI is InChI=1S/C23H25NS2/c1-2-3-4-5-6-7-8-18-9-11-19(12-10-18)21-15-16-23(26-21)22-14-13-20(17-24)25-22/h9-16H,2-8H2,1H3. The van der Waals surface area contributed by atoms with Crippen LogP contribution in [0.1, 0.15) is 55.9 Å². The first-order valence-corrected chi connectivity index (χ1v) is 11.1. The lowest BCUT2D eigenvalue weighted by atomic mass is 10.0. The molecule has 1 nitrogen and oxygen atoms in total. The summed E-state index contributed by atoms with van der Waals surface area (Å²) in [5.74, 6) is 0. The Bertz CT molecular complexity index is 849. The fraction of sp³-hybridized carbons (Fsp3) is 0.348. The monoisotopic (exact) mass is 379 g/mol. The van der Waals surface area contributed by atoms with E-state index in [0.717, 1.165) is 4.88 Å². The zero-order valence-corrected chi connectivity index (χ0v) is 17.0. The number of unbranched alkanes of at least 4 members (excludes halogenated alkanes) is 5. The van der Waals surface area contributed by atoms with Crippen LogP contribution in [0.3, 0.4) is 0 Å². The summed E-state index contributed by atoms with van der Waals surface area (Å²) in [6, 6.07) is 19.6. The van der Waals surface area contributed by atoms with Crippen LogP contribution >= 0.6 is 22.7 Å². The highest BCUT2D eigenvalue weighted by atomic mass is 32.1. The lowest BCUT2D eigenvalue weighted by molar-refractivity contribution is 0.607. The normalized spacial score (nSPS) is 10.8. The van der Waals surface area contributed by atoms with E-state index < -0.39 is 0 Å². The van der Waals surface area contributed by atoms with Crippen LogP contribution in [-0.2, 0) is 6.42 Å². The van der Waals surface area contributed by atoms with Crippen LogP contribution in [0.5, 0.6) is 0 Å². The Balaban J connectivity index is 1.56. The third-order valence-corrected chi connectivity index (χ3v) is 6.94. The van der Waals surface area contributed by atoms with Gasteiger partial charge in [-0.1, -0.05) is 63.3 Å². The second-order valence-electron chi connectivity index (χ2n) is 6.65. The fourth-order valence-corrected chi connectivity index (χ4v) is 5.01. The molecule has 0 aliphatic heterocycles. The molecule has 0 aliphatic rings. The number of rotatable bonds is 9. The van der Waals surface area contributed by atoms with Crippen molar-refractivity contribution in [2.24, 2.45) is 0 Å². The largest absolute Gasteiger partial charge is 0.192 e. The van der Waals surface area contributed by atoms with E-state index in [-0.39, 0.29) is 0 Å². The number of aryl methyl sites for hydroxylation is 1. The van der Waals surface area contributed by atoms with Gasteiger partial charge in [-0.15, -0.1) is 22.7 Å². The van der Waals surface area contributed by atoms with Gasteiger partial charge in [0, 0.05) is 14.6 Å². The van der Waals surface area contributed by atoms with E-state index in [1.165, 1.54) is 70.7 Å². The average molecular weight is 380 g/mol. The lowest BCUT2D eigenvalue weighted by Gasteiger charge is -2.04. The van der Waals surface area contributed by atoms with Crippen molar-refractivity contribution in [3.8, 4) is 26.3 Å². The number of nitrogens with zero attached hydrogens (tertiary/aromatic N) is 1. The molecule has 0 fully saturated rings. The molecule has 1 aromatic carbocycles. The molecule has 0 bridgehead atoms. The van der Waals surface area contributed by atoms with Crippen LogP contribution in [0, 0.1) is 11.3 Å². The summed E-state index contributed by atoms with van der Waals surface area (Å²) in [4.78, 5) is 4.48. The molecule has 2 aromatic heterocycles. The van der Waals surface area contributed by atoms with Gasteiger partial charge in [0.15, 0.2) is 0 Å². The molecule has 0 saturated carbocycles. The molecule has 2 heterocycles. The molecular weight excluding hydrogens is 354 g/mol. The van der Waals surface area contributed by atoms with E-state index in [1.807, 2.05) is 12.1 Å². The molecule has 0 amide bonds. The molecule has 0 unspecified atom stereocenters. The van der Waals surface area contributed by atoms with E-state index in [0.29, 0.717) is 0 Å². The molecule has 0 saturated heterocycles. The van der Waals surface area contributed by atoms with Crippen molar-refractivity contribution < 1.29 is 0 Å². The zero-order chi connectivity index (χ0) is 18.2. The van der Waals surface area contributed by atoms with Gasteiger partial charge < -0.3 is 0 Å². The SMILES string of the molecule is CCCCCCCCc1ccc(-c2ccc(-c3ccc(C#N)s3)s2)cc1. The molecule has 3 heteroatoms. The molecule has 3 aromatic rings. The Morgan fingerprint density at radius 2 is 1.38 bits per heavy atom. The Labute approximate surface area is 165 Å². The van der Waals surface area contributed by atoms with Crippen LogP contribution in [0.15, 0.2) is 48.5 Å². The maximum Gasteiger partial charge on any atom is 0.110 e. The summed E-state index contributed by atoms with van der Waals surface area (Å²) in [7, 11) is 0. The second kappa shape index (κ2) is 9.71. The van der Waals surface area contributed by atoms with Gasteiger partial charge in [-0.2, -0.15) is 5.26 Å². The van der Waals surface area contributed by atoms with E-state index >= 15 is 0 Å². The minimum Gasteiger partial charge on any atom is -0.192 e. The molecule has 0 aliphatic carbocycles. The summed E-state index contributed by atoms with van der Waals surface area (Å²) in [6.07, 6.45) is 9.29. The van der Waals surface area contributed by atoms with Gasteiger partial charge in [-0.05, 0) is 48.2 Å². The van der Waals surface area contributed by atoms with Crippen molar-refractivity contribution in [1.82, 2.24) is 0 Å². The topological polar surface area (TPSA) is 23.8 Å². The molecule has 3 rings (SSSR count). The first-order valence-electron chi connectivity index (χ1n) is 9.49. The van der Waals surface area contributed by atoms with Crippen molar-refractivity contribution in [3.05, 3.63) is 59.0 Å². The van der Waals surface area contributed by atoms with Gasteiger partial charge in [-0.25, -0.2) is 0 Å². The maximum absolute atomic E-state index is 8.99. The molecular formula is C23H25NS2. The fourth-order valence-electron chi connectivity index (χ4n) is 3.10. The number of benzene rings is 1. The van der Waals surface area contributed by atoms with Crippen molar-refractivity contribution in [2.45, 2.75) is 51.9 Å². The van der Waals surface area contributed by atoms with E-state index in [2.05, 4.69) is 49.4 Å². The van der Waals surface area contributed by atoms with Crippen molar-refractivity contribution in [1.29, 1.82) is 5.26 Å². The van der Waals surface area contributed by atoms with Gasteiger partial charge in [0.05, 0.1) is 0 Å². The van der Waals surface area contributed by atoms with E-state index in [9.17, 15) is 0 Å². The van der Waals surface area contributed by atoms with Gasteiger partial charge in [0.1, 0.15) is 10.9 Å². The summed E-state index contributed by atoms with van der Waals surface area (Å²) in [5.41, 5.74) is 2.72. The highest BCUT2D eigenvalue weighted by Crippen LogP contribution is 2.37. The van der Waals surface area contributed by atoms with Gasteiger partial charge in [0.25, 0.3) is 0 Å². The average Bonchev–Trinajstić information content (AvgIpc) is 3.34. The molecule has 0 N–H and O–H groups in total. The number of hydrogen-bond acceptors (Lipinski definition) is 3. The Morgan fingerprint density at radius 1 is 0.731 bits per heavy atom. The van der Waals surface area contributed by atoms with Crippen LogP contribution in [0.25, 0.3) is 20.2 Å². The predicted molar refractivity (Wildman–Crippen MR) is 115 cm³/mol. The Kier molecular flexibility index (Phi) is 7.05. The lowest BCUT2D eigenvalue weighted by Crippen LogP contribution is -1.86. The van der Waals surface area contributed by atoms with Gasteiger partial charge in [-0.3, -0.25) is 0 Å². The van der Waals surface area contributed by atoms with Crippen LogP contribution in [0.2, 0.25) is 0 Å². The van der Waals surface area contributed by atoms with Crippen LogP contribution < -0.4 is 0 Å². The first-order chi connectivity index (χ1) is 12.8. The summed E-state index contributed by atoms with van der Waals surface area (Å²) in [6.45, 7) is 2.27. The minimum atomic E-state index is 0.772. The quantitative estimate of drug-likeness (QED) is 0.346. The second-order valence-corrected chi connectivity index (χ2v) is 8.82. The summed E-state index contributed by atoms with van der Waals surface area (Å²) in [5, 5.41) is 8.99. The van der Waals surface area contributed by atoms with Crippen LogP contribution in [-0.4, -0.2) is 0 Å². The van der Waals surface area contributed by atoms with E-state index in [4.69, 9.17) is 5.26 Å². The highest BCUT2D eigenvalue weighted by Gasteiger charge is 2.07. The van der Waals surface area contributed by atoms with Crippen molar-refractivity contribution >= 4 is 22.7 Å². The maximum atomic E-state index is 8.99. The third-order valence-electron chi connectivity index (χ3n) is 4.62. The predicted octanol–water partition coefficient (Wildman–Crippen LogP) is 7.92. The zero-order valence-electron chi connectivity index (χ0n) is 15.3. The first kappa shape index (κ1) is 18.9.